The lowest BCUT2D eigenvalue weighted by Crippen LogP contribution is -3.00. The highest BCUT2D eigenvalue weighted by molar-refractivity contribution is 5.66. The summed E-state index contributed by atoms with van der Waals surface area (Å²) in [6.45, 7) is 2.21. The predicted molar refractivity (Wildman–Crippen MR) is 96.1 cm³/mol. The van der Waals surface area contributed by atoms with Gasteiger partial charge in [-0.05, 0) is 24.0 Å². The molecule has 5 heteroatoms. The number of hydrogen-bond donors (Lipinski definition) is 2. The number of benzene rings is 1. The summed E-state index contributed by atoms with van der Waals surface area (Å²) < 4.78 is 0.779. The summed E-state index contributed by atoms with van der Waals surface area (Å²) in [5.41, 5.74) is 2.54. The average molecular weight is 468 g/mol. The highest BCUT2D eigenvalue weighted by Gasteiger charge is 2.82. The maximum absolute atomic E-state index is 11.7. The van der Waals surface area contributed by atoms with E-state index in [0.29, 0.717) is 35.9 Å². The topological polar surface area (TPSA) is 43.7 Å². The summed E-state index contributed by atoms with van der Waals surface area (Å²) in [6, 6.07) is 9.87. The third-order valence-electron chi connectivity index (χ3n) is 9.39. The first-order chi connectivity index (χ1) is 12.0. The number of aliphatic hydroxyl groups is 2. The van der Waals surface area contributed by atoms with Crippen LogP contribution in [0.4, 0.5) is 5.69 Å². The fraction of sp³-hybridized carbons (Fsp3) is 0.714. The lowest BCUT2D eigenvalue weighted by molar-refractivity contribution is -1.02. The number of piperidine rings is 4. The molecule has 4 unspecified atom stereocenters. The van der Waals surface area contributed by atoms with Crippen molar-refractivity contribution in [1.29, 1.82) is 0 Å². The lowest BCUT2D eigenvalue weighted by atomic mass is 9.61. The van der Waals surface area contributed by atoms with Crippen molar-refractivity contribution in [2.75, 3.05) is 19.0 Å². The van der Waals surface area contributed by atoms with Crippen LogP contribution in [0, 0.1) is 17.8 Å². The van der Waals surface area contributed by atoms with E-state index in [2.05, 4.69) is 50.2 Å². The van der Waals surface area contributed by atoms with Gasteiger partial charge in [0.15, 0.2) is 6.23 Å². The Morgan fingerprint density at radius 2 is 1.96 bits per heavy atom. The molecule has 0 amide bonds. The maximum Gasteiger partial charge on any atom is 0.193 e. The van der Waals surface area contributed by atoms with Crippen molar-refractivity contribution < 1.29 is 38.7 Å². The maximum atomic E-state index is 11.7. The second-order valence-electron chi connectivity index (χ2n) is 9.58. The Morgan fingerprint density at radius 1 is 1.23 bits per heavy atom. The highest BCUT2D eigenvalue weighted by Crippen LogP contribution is 2.70. The molecular weight excluding hydrogens is 439 g/mol. The minimum absolute atomic E-state index is 0. The van der Waals surface area contributed by atoms with Gasteiger partial charge in [-0.1, -0.05) is 25.1 Å². The van der Waals surface area contributed by atoms with E-state index < -0.39 is 0 Å². The molecule has 5 fully saturated rings. The van der Waals surface area contributed by atoms with Crippen molar-refractivity contribution in [1.82, 2.24) is 0 Å². The molecule has 5 heterocycles. The zero-order valence-electron chi connectivity index (χ0n) is 15.7. The van der Waals surface area contributed by atoms with Gasteiger partial charge in [0.25, 0.3) is 0 Å². The molecule has 5 aliphatic heterocycles. The van der Waals surface area contributed by atoms with Crippen LogP contribution in [0.25, 0.3) is 0 Å². The lowest BCUT2D eigenvalue weighted by Gasteiger charge is -2.66. The van der Waals surface area contributed by atoms with Gasteiger partial charge in [-0.15, -0.1) is 0 Å². The van der Waals surface area contributed by atoms with Crippen LogP contribution in [-0.2, 0) is 5.41 Å². The Kier molecular flexibility index (Phi) is 3.51. The Labute approximate surface area is 172 Å². The number of quaternary nitrogens is 1. The van der Waals surface area contributed by atoms with Gasteiger partial charge in [0.1, 0.15) is 6.04 Å². The van der Waals surface area contributed by atoms with Crippen molar-refractivity contribution in [3.63, 3.8) is 0 Å². The standard InChI is InChI=1S/C21H29N2O2.HI/c1-4-11-12-9-15-18-21(13-7-5-6-8-14(13)22(18)2)10-16(17(12)19(21)24)23(15,3)20(11)25;/h5-8,11-12,15-20,24-25H,4,9-10H2,1-3H3;1H/q+1;/p-1/t11-,12?,15-,16-,17?,18-,19+,20+,21?,23?;/m0./s1. The van der Waals surface area contributed by atoms with Crippen molar-refractivity contribution in [2.45, 2.75) is 62.1 Å². The van der Waals surface area contributed by atoms with Crippen LogP contribution in [0.2, 0.25) is 0 Å². The van der Waals surface area contributed by atoms with E-state index in [0.717, 1.165) is 23.7 Å². The first-order valence-corrected chi connectivity index (χ1v) is 10.0. The van der Waals surface area contributed by atoms with Gasteiger partial charge in [-0.25, -0.2) is 0 Å². The number of halogens is 1. The van der Waals surface area contributed by atoms with E-state index >= 15 is 0 Å². The molecule has 0 radical (unpaired) electrons. The van der Waals surface area contributed by atoms with Gasteiger partial charge in [0.05, 0.1) is 30.7 Å². The molecule has 6 aliphatic rings. The molecule has 142 valence electrons. The molecular formula is C21H29IN2O2. The van der Waals surface area contributed by atoms with Crippen LogP contribution < -0.4 is 28.9 Å². The van der Waals surface area contributed by atoms with E-state index in [1.54, 1.807) is 0 Å². The van der Waals surface area contributed by atoms with E-state index in [1.807, 2.05) is 0 Å². The highest BCUT2D eigenvalue weighted by atomic mass is 127. The quantitative estimate of drug-likeness (QED) is 0.398. The fourth-order valence-electron chi connectivity index (χ4n) is 8.58. The summed E-state index contributed by atoms with van der Waals surface area (Å²) in [6.07, 6.45) is 2.67. The van der Waals surface area contributed by atoms with Gasteiger partial charge in [0, 0.05) is 37.4 Å². The molecule has 1 saturated carbocycles. The normalized spacial score (nSPS) is 54.9. The number of nitrogens with zero attached hydrogens (tertiary/aromatic N) is 2. The van der Waals surface area contributed by atoms with E-state index in [9.17, 15) is 10.2 Å². The summed E-state index contributed by atoms with van der Waals surface area (Å²) >= 11 is 0. The van der Waals surface area contributed by atoms with E-state index in [1.165, 1.54) is 11.3 Å². The molecule has 4 saturated heterocycles. The third-order valence-corrected chi connectivity index (χ3v) is 9.39. The molecule has 26 heavy (non-hydrogen) atoms. The third kappa shape index (κ3) is 1.51. The summed E-state index contributed by atoms with van der Waals surface area (Å²) in [5, 5.41) is 23.1. The monoisotopic (exact) mass is 468 g/mol. The second kappa shape index (κ2) is 5.16. The van der Waals surface area contributed by atoms with Crippen molar-refractivity contribution >= 4 is 5.69 Å². The summed E-state index contributed by atoms with van der Waals surface area (Å²) in [4.78, 5) is 2.44. The number of para-hydroxylation sites is 1. The van der Waals surface area contributed by atoms with Crippen LogP contribution in [0.3, 0.4) is 0 Å². The minimum atomic E-state index is -0.273. The summed E-state index contributed by atoms with van der Waals surface area (Å²) in [7, 11) is 4.51. The Bertz CT molecular complexity index is 774. The van der Waals surface area contributed by atoms with E-state index in [4.69, 9.17) is 0 Å². The van der Waals surface area contributed by atoms with Crippen molar-refractivity contribution in [2.24, 2.45) is 17.8 Å². The van der Waals surface area contributed by atoms with Crippen LogP contribution in [-0.4, -0.2) is 59.2 Å². The van der Waals surface area contributed by atoms with Crippen molar-refractivity contribution in [3.8, 4) is 0 Å². The van der Waals surface area contributed by atoms with Crippen LogP contribution in [0.5, 0.6) is 0 Å². The van der Waals surface area contributed by atoms with Crippen LogP contribution >= 0.6 is 0 Å². The number of hydrogen-bond acceptors (Lipinski definition) is 3. The molecule has 1 spiro atoms. The molecule has 5 bridgehead atoms. The smallest absolute Gasteiger partial charge is 0.193 e. The van der Waals surface area contributed by atoms with Gasteiger partial charge in [-0.2, -0.15) is 0 Å². The van der Waals surface area contributed by atoms with E-state index in [-0.39, 0.29) is 41.7 Å². The zero-order chi connectivity index (χ0) is 17.3. The number of fused-ring (bicyclic) bond motifs is 2. The average Bonchev–Trinajstić information content (AvgIpc) is 2.99. The molecule has 1 aromatic carbocycles. The molecule has 1 aromatic rings. The Morgan fingerprint density at radius 3 is 2.69 bits per heavy atom. The van der Waals surface area contributed by atoms with Gasteiger partial charge in [0.2, 0.25) is 0 Å². The number of likely N-dealkylation sites (N-methyl/N-ethyl adjacent to an activating group) is 2. The first kappa shape index (κ1) is 17.7. The Balaban J connectivity index is 0.00000150. The number of rotatable bonds is 1. The predicted octanol–water partition coefficient (Wildman–Crippen LogP) is -1.30. The van der Waals surface area contributed by atoms with Gasteiger partial charge in [-0.3, -0.25) is 4.48 Å². The van der Waals surface area contributed by atoms with Crippen LogP contribution in [0.1, 0.15) is 31.7 Å². The molecule has 7 rings (SSSR count). The molecule has 10 atom stereocenters. The first-order valence-electron chi connectivity index (χ1n) is 10.0. The Hall–Kier alpha value is -0.370. The fourth-order valence-corrected chi connectivity index (χ4v) is 8.58. The summed E-state index contributed by atoms with van der Waals surface area (Å²) in [5.74, 6) is 1.17. The second-order valence-corrected chi connectivity index (χ2v) is 9.58. The molecule has 2 N–H and O–H groups in total. The van der Waals surface area contributed by atoms with Crippen LogP contribution in [0.15, 0.2) is 24.3 Å². The number of anilines is 1. The SMILES string of the molecule is CC[C@H]1C2C[C@H]3[C@@H]4N(C)c5ccccc5C45C[C@@H](C2[C@H]5O)[N+]3(C)[C@@H]1O.[I-]. The molecule has 4 nitrogen and oxygen atoms in total. The largest absolute Gasteiger partial charge is 1.00 e. The zero-order valence-corrected chi connectivity index (χ0v) is 17.9. The van der Waals surface area contributed by atoms with Gasteiger partial charge >= 0.3 is 0 Å². The molecule has 0 aromatic heterocycles. The van der Waals surface area contributed by atoms with Gasteiger partial charge < -0.3 is 39.1 Å². The number of aliphatic hydroxyl groups excluding tert-OH is 2. The molecule has 1 aliphatic carbocycles. The minimum Gasteiger partial charge on any atom is -1.00 e. The van der Waals surface area contributed by atoms with Crippen molar-refractivity contribution in [3.05, 3.63) is 29.8 Å².